The first kappa shape index (κ1) is 13.5. The normalized spacial score (nSPS) is 10.8. The summed E-state index contributed by atoms with van der Waals surface area (Å²) in [4.78, 5) is 16.9. The second-order valence-corrected chi connectivity index (χ2v) is 5.29. The monoisotopic (exact) mass is 299 g/mol. The molecule has 0 bridgehead atoms. The minimum absolute atomic E-state index is 0.369. The van der Waals surface area contributed by atoms with Gasteiger partial charge in [-0.1, -0.05) is 36.4 Å². The molecular formula is C20H13NO2. The Kier molecular flexibility index (Phi) is 3.24. The highest BCUT2D eigenvalue weighted by Crippen LogP contribution is 2.21. The highest BCUT2D eigenvalue weighted by molar-refractivity contribution is 5.98. The molecule has 0 unspecified atom stereocenters. The number of rotatable bonds is 2. The van der Waals surface area contributed by atoms with Gasteiger partial charge in [-0.3, -0.25) is 0 Å². The fraction of sp³-hybridized carbons (Fsp3) is 0. The molecule has 23 heavy (non-hydrogen) atoms. The average molecular weight is 299 g/mol. The van der Waals surface area contributed by atoms with Crippen molar-refractivity contribution >= 4 is 27.8 Å². The number of benzene rings is 3. The zero-order valence-corrected chi connectivity index (χ0v) is 12.3. The molecule has 3 nitrogen and oxygen atoms in total. The summed E-state index contributed by atoms with van der Waals surface area (Å²) in [5.74, 6) is 0.167. The van der Waals surface area contributed by atoms with Crippen LogP contribution in [0.2, 0.25) is 0 Å². The van der Waals surface area contributed by atoms with Crippen molar-refractivity contribution in [1.29, 1.82) is 0 Å². The molecule has 1 aromatic heterocycles. The zero-order valence-electron chi connectivity index (χ0n) is 12.3. The van der Waals surface area contributed by atoms with Crippen molar-refractivity contribution in [2.24, 2.45) is 0 Å². The lowest BCUT2D eigenvalue weighted by Crippen LogP contribution is -2.08. The standard InChI is InChI=1S/C20H13NO2/c22-20(23-17-7-2-1-3-8-17)15-10-11-19-16(13-15)12-14-6-4-5-9-18(14)21-19/h1-13H. The van der Waals surface area contributed by atoms with Crippen molar-refractivity contribution in [2.75, 3.05) is 0 Å². The maximum absolute atomic E-state index is 12.3. The molecule has 0 saturated heterocycles. The highest BCUT2D eigenvalue weighted by atomic mass is 16.5. The summed E-state index contributed by atoms with van der Waals surface area (Å²) in [7, 11) is 0. The van der Waals surface area contributed by atoms with Gasteiger partial charge in [0.05, 0.1) is 16.6 Å². The molecule has 0 spiro atoms. The molecule has 3 heteroatoms. The largest absolute Gasteiger partial charge is 0.423 e. The van der Waals surface area contributed by atoms with Gasteiger partial charge in [-0.25, -0.2) is 9.78 Å². The molecule has 0 saturated carbocycles. The number of esters is 1. The molecule has 3 aromatic carbocycles. The number of fused-ring (bicyclic) bond motifs is 2. The van der Waals surface area contributed by atoms with Gasteiger partial charge in [0, 0.05) is 10.8 Å². The first-order valence-electron chi connectivity index (χ1n) is 7.36. The molecule has 0 N–H and O–H groups in total. The van der Waals surface area contributed by atoms with Crippen LogP contribution in [0.3, 0.4) is 0 Å². The van der Waals surface area contributed by atoms with Crippen LogP contribution >= 0.6 is 0 Å². The van der Waals surface area contributed by atoms with Crippen LogP contribution < -0.4 is 4.74 Å². The number of para-hydroxylation sites is 2. The third-order valence-corrected chi connectivity index (χ3v) is 3.71. The van der Waals surface area contributed by atoms with E-state index in [4.69, 9.17) is 4.74 Å². The second kappa shape index (κ2) is 5.54. The van der Waals surface area contributed by atoms with E-state index in [0.717, 1.165) is 21.8 Å². The van der Waals surface area contributed by atoms with Gasteiger partial charge in [0.15, 0.2) is 0 Å². The van der Waals surface area contributed by atoms with Gasteiger partial charge in [-0.05, 0) is 42.5 Å². The van der Waals surface area contributed by atoms with Gasteiger partial charge < -0.3 is 4.74 Å². The Labute approximate surface area is 133 Å². The lowest BCUT2D eigenvalue weighted by molar-refractivity contribution is 0.0735. The van der Waals surface area contributed by atoms with E-state index in [1.54, 1.807) is 18.2 Å². The van der Waals surface area contributed by atoms with Crippen LogP contribution in [0.25, 0.3) is 21.8 Å². The molecular weight excluding hydrogens is 286 g/mol. The number of hydrogen-bond donors (Lipinski definition) is 0. The SMILES string of the molecule is O=C(Oc1ccccc1)c1ccc2nc3ccccc3cc2c1. The number of nitrogens with zero attached hydrogens (tertiary/aromatic N) is 1. The van der Waals surface area contributed by atoms with Gasteiger partial charge in [0.25, 0.3) is 0 Å². The van der Waals surface area contributed by atoms with Crippen molar-refractivity contribution in [3.05, 3.63) is 84.4 Å². The van der Waals surface area contributed by atoms with Crippen LogP contribution in [0.1, 0.15) is 10.4 Å². The number of aromatic nitrogens is 1. The smallest absolute Gasteiger partial charge is 0.343 e. The Morgan fingerprint density at radius 2 is 1.48 bits per heavy atom. The van der Waals surface area contributed by atoms with Crippen molar-refractivity contribution < 1.29 is 9.53 Å². The number of ether oxygens (including phenoxy) is 1. The lowest BCUT2D eigenvalue weighted by Gasteiger charge is -2.06. The van der Waals surface area contributed by atoms with E-state index in [1.165, 1.54) is 0 Å². The molecule has 110 valence electrons. The zero-order chi connectivity index (χ0) is 15.6. The highest BCUT2D eigenvalue weighted by Gasteiger charge is 2.10. The fourth-order valence-electron chi connectivity index (χ4n) is 2.56. The Morgan fingerprint density at radius 1 is 0.739 bits per heavy atom. The Morgan fingerprint density at radius 3 is 2.35 bits per heavy atom. The van der Waals surface area contributed by atoms with Crippen LogP contribution in [0.4, 0.5) is 0 Å². The minimum atomic E-state index is -0.369. The van der Waals surface area contributed by atoms with E-state index >= 15 is 0 Å². The van der Waals surface area contributed by atoms with Crippen LogP contribution in [-0.4, -0.2) is 11.0 Å². The quantitative estimate of drug-likeness (QED) is 0.308. The maximum Gasteiger partial charge on any atom is 0.343 e. The molecule has 4 rings (SSSR count). The van der Waals surface area contributed by atoms with E-state index < -0.39 is 0 Å². The van der Waals surface area contributed by atoms with Gasteiger partial charge in [-0.15, -0.1) is 0 Å². The molecule has 0 amide bonds. The van der Waals surface area contributed by atoms with E-state index in [-0.39, 0.29) is 5.97 Å². The lowest BCUT2D eigenvalue weighted by atomic mass is 10.1. The molecule has 0 atom stereocenters. The fourth-order valence-corrected chi connectivity index (χ4v) is 2.56. The summed E-state index contributed by atoms with van der Waals surface area (Å²) in [6, 6.07) is 24.4. The van der Waals surface area contributed by atoms with E-state index in [0.29, 0.717) is 11.3 Å². The topological polar surface area (TPSA) is 39.2 Å². The molecule has 0 aliphatic carbocycles. The summed E-state index contributed by atoms with van der Waals surface area (Å²) in [5, 5.41) is 1.97. The predicted molar refractivity (Wildman–Crippen MR) is 90.6 cm³/mol. The van der Waals surface area contributed by atoms with Crippen molar-refractivity contribution in [3.63, 3.8) is 0 Å². The minimum Gasteiger partial charge on any atom is -0.423 e. The first-order valence-corrected chi connectivity index (χ1v) is 7.36. The number of carbonyl (C=O) groups excluding carboxylic acids is 1. The van der Waals surface area contributed by atoms with Crippen molar-refractivity contribution in [3.8, 4) is 5.75 Å². The summed E-state index contributed by atoms with van der Waals surface area (Å²) in [6.45, 7) is 0. The summed E-state index contributed by atoms with van der Waals surface area (Å²) in [6.07, 6.45) is 0. The van der Waals surface area contributed by atoms with E-state index in [2.05, 4.69) is 4.98 Å². The van der Waals surface area contributed by atoms with Gasteiger partial charge in [0.2, 0.25) is 0 Å². The third-order valence-electron chi connectivity index (χ3n) is 3.71. The van der Waals surface area contributed by atoms with E-state index in [1.807, 2.05) is 60.7 Å². The van der Waals surface area contributed by atoms with Crippen LogP contribution in [0.15, 0.2) is 78.9 Å². The number of hydrogen-bond acceptors (Lipinski definition) is 3. The Hall–Kier alpha value is -3.20. The number of pyridine rings is 1. The maximum atomic E-state index is 12.3. The molecule has 4 aromatic rings. The average Bonchev–Trinajstić information content (AvgIpc) is 2.60. The Bertz CT molecular complexity index is 1010. The van der Waals surface area contributed by atoms with Crippen molar-refractivity contribution in [2.45, 2.75) is 0 Å². The summed E-state index contributed by atoms with van der Waals surface area (Å²) < 4.78 is 5.38. The van der Waals surface area contributed by atoms with Gasteiger partial charge in [0.1, 0.15) is 5.75 Å². The second-order valence-electron chi connectivity index (χ2n) is 5.29. The number of carbonyl (C=O) groups is 1. The third kappa shape index (κ3) is 2.64. The van der Waals surface area contributed by atoms with Gasteiger partial charge in [-0.2, -0.15) is 0 Å². The predicted octanol–water partition coefficient (Wildman–Crippen LogP) is 4.61. The van der Waals surface area contributed by atoms with Crippen LogP contribution in [0.5, 0.6) is 5.75 Å². The molecule has 0 fully saturated rings. The molecule has 0 aliphatic rings. The molecule has 0 aliphatic heterocycles. The molecule has 1 heterocycles. The van der Waals surface area contributed by atoms with Gasteiger partial charge >= 0.3 is 5.97 Å². The van der Waals surface area contributed by atoms with Crippen LogP contribution in [-0.2, 0) is 0 Å². The van der Waals surface area contributed by atoms with Crippen LogP contribution in [0, 0.1) is 0 Å². The summed E-state index contributed by atoms with van der Waals surface area (Å²) in [5.41, 5.74) is 2.32. The first-order chi connectivity index (χ1) is 11.3. The van der Waals surface area contributed by atoms with E-state index in [9.17, 15) is 4.79 Å². The summed E-state index contributed by atoms with van der Waals surface area (Å²) >= 11 is 0. The molecule has 0 radical (unpaired) electrons. The Balaban J connectivity index is 1.73. The van der Waals surface area contributed by atoms with Crippen molar-refractivity contribution in [1.82, 2.24) is 4.98 Å².